The summed E-state index contributed by atoms with van der Waals surface area (Å²) in [5, 5.41) is 0.510. The largest absolute Gasteiger partial charge is 0.379 e. The van der Waals surface area contributed by atoms with Crippen LogP contribution in [0.4, 0.5) is 0 Å². The summed E-state index contributed by atoms with van der Waals surface area (Å²) in [4.78, 5) is 14.3. The number of carbonyl (C=O) groups is 1. The van der Waals surface area contributed by atoms with Gasteiger partial charge in [0.15, 0.2) is 0 Å². The van der Waals surface area contributed by atoms with Crippen LogP contribution in [0.5, 0.6) is 0 Å². The van der Waals surface area contributed by atoms with Gasteiger partial charge in [-0.2, -0.15) is 11.8 Å². The van der Waals surface area contributed by atoms with Crippen LogP contribution in [0.2, 0.25) is 0 Å². The summed E-state index contributed by atoms with van der Waals surface area (Å²) >= 11 is 1.93. The average molecular weight is 244 g/mol. The van der Waals surface area contributed by atoms with Crippen molar-refractivity contribution < 1.29 is 9.53 Å². The van der Waals surface area contributed by atoms with Crippen LogP contribution in [-0.2, 0) is 9.53 Å². The number of thioether (sulfide) groups is 1. The Kier molecular flexibility index (Phi) is 3.77. The van der Waals surface area contributed by atoms with Crippen LogP contribution >= 0.6 is 11.8 Å². The summed E-state index contributed by atoms with van der Waals surface area (Å²) in [6.07, 6.45) is 0. The first-order chi connectivity index (χ1) is 7.61. The number of hydrogen-bond donors (Lipinski definition) is 1. The van der Waals surface area contributed by atoms with Crippen LogP contribution in [0.15, 0.2) is 0 Å². The molecule has 0 spiro atoms. The lowest BCUT2D eigenvalue weighted by atomic mass is 10.0. The van der Waals surface area contributed by atoms with Gasteiger partial charge in [-0.15, -0.1) is 0 Å². The Morgan fingerprint density at radius 2 is 2.19 bits per heavy atom. The van der Waals surface area contributed by atoms with Crippen LogP contribution < -0.4 is 5.73 Å². The number of rotatable bonds is 1. The summed E-state index contributed by atoms with van der Waals surface area (Å²) in [7, 11) is 0. The maximum atomic E-state index is 12.3. The molecule has 0 aliphatic carbocycles. The molecule has 2 fully saturated rings. The summed E-state index contributed by atoms with van der Waals surface area (Å²) in [6.45, 7) is 6.15. The molecule has 4 nitrogen and oxygen atoms in total. The van der Waals surface area contributed by atoms with E-state index < -0.39 is 0 Å². The van der Waals surface area contributed by atoms with Gasteiger partial charge in [0.25, 0.3) is 0 Å². The second kappa shape index (κ2) is 4.94. The molecule has 1 amide bonds. The predicted octanol–water partition coefficient (Wildman–Crippen LogP) is 0.313. The fourth-order valence-electron chi connectivity index (χ4n) is 2.28. The van der Waals surface area contributed by atoms with Gasteiger partial charge in [-0.05, 0) is 6.92 Å². The summed E-state index contributed by atoms with van der Waals surface area (Å²) in [5.74, 6) is 1.09. The lowest BCUT2D eigenvalue weighted by Crippen LogP contribution is -2.52. The molecular weight excluding hydrogens is 224 g/mol. The number of ether oxygens (including phenoxy) is 1. The number of amides is 1. The Labute approximate surface area is 101 Å². The highest BCUT2D eigenvalue weighted by Crippen LogP contribution is 2.26. The van der Waals surface area contributed by atoms with Gasteiger partial charge in [-0.25, -0.2) is 0 Å². The van der Waals surface area contributed by atoms with Crippen molar-refractivity contribution in [3.05, 3.63) is 0 Å². The number of carbonyl (C=O) groups excluding carboxylic acids is 1. The molecule has 92 valence electrons. The molecular formula is C11H20N2O2S. The molecule has 0 aromatic carbocycles. The van der Waals surface area contributed by atoms with Gasteiger partial charge in [0.2, 0.25) is 5.91 Å². The van der Waals surface area contributed by atoms with E-state index in [0.29, 0.717) is 24.5 Å². The summed E-state index contributed by atoms with van der Waals surface area (Å²) < 4.78 is 5.27. The quantitative estimate of drug-likeness (QED) is 0.721. The molecule has 5 heteroatoms. The smallest absolute Gasteiger partial charge is 0.229 e. The highest BCUT2D eigenvalue weighted by atomic mass is 32.2. The van der Waals surface area contributed by atoms with Crippen molar-refractivity contribution in [2.24, 2.45) is 11.7 Å². The molecule has 2 aliphatic rings. The number of hydrogen-bond acceptors (Lipinski definition) is 4. The second-order valence-corrected chi connectivity index (χ2v) is 6.14. The van der Waals surface area contributed by atoms with Gasteiger partial charge in [0, 0.05) is 29.6 Å². The zero-order valence-electron chi connectivity index (χ0n) is 9.89. The van der Waals surface area contributed by atoms with Gasteiger partial charge in [-0.3, -0.25) is 4.79 Å². The average Bonchev–Trinajstić information content (AvgIpc) is 2.68. The van der Waals surface area contributed by atoms with Crippen molar-refractivity contribution in [1.29, 1.82) is 0 Å². The third-order valence-corrected chi connectivity index (χ3v) is 4.95. The maximum absolute atomic E-state index is 12.3. The standard InChI is InChI=1S/C11H20N2O2S/c1-7-8(2)16-4-3-13(7)11(14)9-5-15-6-10(9)12/h7-10H,3-6,12H2,1-2H3. The molecule has 0 radical (unpaired) electrons. The molecule has 0 aromatic heterocycles. The molecule has 2 N–H and O–H groups in total. The first-order valence-electron chi connectivity index (χ1n) is 5.86. The molecule has 4 atom stereocenters. The zero-order chi connectivity index (χ0) is 11.7. The normalized spacial score (nSPS) is 40.1. The third kappa shape index (κ3) is 2.21. The molecule has 0 aromatic rings. The van der Waals surface area contributed by atoms with E-state index in [2.05, 4.69) is 13.8 Å². The highest BCUT2D eigenvalue weighted by molar-refractivity contribution is 8.00. The predicted molar refractivity (Wildman–Crippen MR) is 65.4 cm³/mol. The minimum Gasteiger partial charge on any atom is -0.379 e. The SMILES string of the molecule is CC1SCCN(C(=O)C2COCC2N)C1C. The van der Waals surface area contributed by atoms with Crippen molar-refractivity contribution in [3.8, 4) is 0 Å². The highest BCUT2D eigenvalue weighted by Gasteiger charge is 2.38. The van der Waals surface area contributed by atoms with E-state index in [1.165, 1.54) is 0 Å². The number of nitrogens with zero attached hydrogens (tertiary/aromatic N) is 1. The van der Waals surface area contributed by atoms with Crippen molar-refractivity contribution in [3.63, 3.8) is 0 Å². The molecule has 2 heterocycles. The van der Waals surface area contributed by atoms with Crippen LogP contribution in [0.1, 0.15) is 13.8 Å². The second-order valence-electron chi connectivity index (χ2n) is 4.66. The van der Waals surface area contributed by atoms with Crippen LogP contribution in [0, 0.1) is 5.92 Å². The van der Waals surface area contributed by atoms with Crippen LogP contribution in [-0.4, -0.2) is 53.7 Å². The van der Waals surface area contributed by atoms with E-state index in [-0.39, 0.29) is 17.9 Å². The molecule has 2 aliphatic heterocycles. The van der Waals surface area contributed by atoms with Crippen LogP contribution in [0.3, 0.4) is 0 Å². The van der Waals surface area contributed by atoms with E-state index in [9.17, 15) is 4.79 Å². The van der Waals surface area contributed by atoms with E-state index in [0.717, 1.165) is 12.3 Å². The molecule has 4 unspecified atom stereocenters. The van der Waals surface area contributed by atoms with E-state index >= 15 is 0 Å². The first-order valence-corrected chi connectivity index (χ1v) is 6.91. The minimum atomic E-state index is -0.127. The van der Waals surface area contributed by atoms with Crippen molar-refractivity contribution in [1.82, 2.24) is 4.90 Å². The Morgan fingerprint density at radius 3 is 2.81 bits per heavy atom. The molecule has 16 heavy (non-hydrogen) atoms. The van der Waals surface area contributed by atoms with Crippen molar-refractivity contribution >= 4 is 17.7 Å². The van der Waals surface area contributed by atoms with E-state index in [1.807, 2.05) is 16.7 Å². The minimum absolute atomic E-state index is 0.121. The lowest BCUT2D eigenvalue weighted by Gasteiger charge is -2.39. The lowest BCUT2D eigenvalue weighted by molar-refractivity contribution is -0.137. The first kappa shape index (κ1) is 12.2. The van der Waals surface area contributed by atoms with Gasteiger partial charge in [0.1, 0.15) is 0 Å². The Bertz CT molecular complexity index is 275. The molecule has 2 rings (SSSR count). The Morgan fingerprint density at radius 1 is 1.44 bits per heavy atom. The van der Waals surface area contributed by atoms with Gasteiger partial charge in [-0.1, -0.05) is 6.92 Å². The Balaban J connectivity index is 2.03. The number of nitrogens with two attached hydrogens (primary N) is 1. The maximum Gasteiger partial charge on any atom is 0.229 e. The summed E-state index contributed by atoms with van der Waals surface area (Å²) in [6, 6.07) is 0.184. The summed E-state index contributed by atoms with van der Waals surface area (Å²) in [5.41, 5.74) is 5.89. The van der Waals surface area contributed by atoms with E-state index in [4.69, 9.17) is 10.5 Å². The van der Waals surface area contributed by atoms with E-state index in [1.54, 1.807) is 0 Å². The van der Waals surface area contributed by atoms with Crippen molar-refractivity contribution in [2.45, 2.75) is 31.2 Å². The molecule has 2 saturated heterocycles. The Hall–Kier alpha value is -0.260. The van der Waals surface area contributed by atoms with Crippen LogP contribution in [0.25, 0.3) is 0 Å². The van der Waals surface area contributed by atoms with Gasteiger partial charge < -0.3 is 15.4 Å². The topological polar surface area (TPSA) is 55.6 Å². The van der Waals surface area contributed by atoms with Gasteiger partial charge in [0.05, 0.1) is 19.1 Å². The third-order valence-electron chi connectivity index (χ3n) is 3.61. The van der Waals surface area contributed by atoms with Gasteiger partial charge >= 0.3 is 0 Å². The monoisotopic (exact) mass is 244 g/mol. The zero-order valence-corrected chi connectivity index (χ0v) is 10.7. The van der Waals surface area contributed by atoms with Crippen molar-refractivity contribution in [2.75, 3.05) is 25.5 Å². The fourth-order valence-corrected chi connectivity index (χ4v) is 3.38. The fraction of sp³-hybridized carbons (Fsp3) is 0.909. The molecule has 0 bridgehead atoms. The molecule has 0 saturated carbocycles.